The minimum absolute atomic E-state index is 0.0573. The minimum atomic E-state index is -1.75. The van der Waals surface area contributed by atoms with Crippen molar-refractivity contribution < 1.29 is 23.7 Å². The van der Waals surface area contributed by atoms with Crippen LogP contribution in [0.4, 0.5) is 4.39 Å². The molecule has 3 unspecified atom stereocenters. The second-order valence-corrected chi connectivity index (χ2v) is 11.9. The first-order valence-electron chi connectivity index (χ1n) is 14.0. The van der Waals surface area contributed by atoms with Crippen LogP contribution in [-0.4, -0.2) is 43.3 Å². The van der Waals surface area contributed by atoms with E-state index in [1.165, 1.54) is 10.4 Å². The maximum absolute atomic E-state index is 15.7. The van der Waals surface area contributed by atoms with Crippen LogP contribution in [0.1, 0.15) is 62.5 Å². The number of rotatable bonds is 13. The van der Waals surface area contributed by atoms with Gasteiger partial charge in [-0.2, -0.15) is 0 Å². The summed E-state index contributed by atoms with van der Waals surface area (Å²) < 4.78 is 33.6. The number of thiophene rings is 1. The molecule has 0 amide bonds. The van der Waals surface area contributed by atoms with Crippen molar-refractivity contribution in [2.45, 2.75) is 77.0 Å². The van der Waals surface area contributed by atoms with Crippen LogP contribution >= 0.6 is 22.9 Å². The summed E-state index contributed by atoms with van der Waals surface area (Å²) in [5.41, 5.74) is 2.60. The monoisotopic (exact) mass is 574 g/mol. The number of hydrogen-bond acceptors (Lipinski definition) is 5. The van der Waals surface area contributed by atoms with Crippen molar-refractivity contribution in [1.29, 1.82) is 0 Å². The summed E-state index contributed by atoms with van der Waals surface area (Å²) in [6.45, 7) is 6.94. The van der Waals surface area contributed by atoms with Gasteiger partial charge in [-0.1, -0.05) is 81.6 Å². The predicted octanol–water partition coefficient (Wildman–Crippen LogP) is 8.18. The quantitative estimate of drug-likeness (QED) is 0.209. The third-order valence-corrected chi connectivity index (χ3v) is 8.89. The van der Waals surface area contributed by atoms with Crippen molar-refractivity contribution in [2.75, 3.05) is 19.8 Å². The third kappa shape index (κ3) is 7.29. The summed E-state index contributed by atoms with van der Waals surface area (Å²) in [5.74, 6) is -2.39. The Labute approximate surface area is 241 Å². The molecule has 5 atom stereocenters. The number of ether oxygens (including phenoxy) is 3. The van der Waals surface area contributed by atoms with Crippen LogP contribution in [-0.2, 0) is 26.4 Å². The van der Waals surface area contributed by atoms with E-state index < -0.39 is 30.1 Å². The van der Waals surface area contributed by atoms with Crippen molar-refractivity contribution in [3.05, 3.63) is 81.7 Å². The van der Waals surface area contributed by atoms with Crippen LogP contribution in [0.5, 0.6) is 0 Å². The molecule has 1 saturated heterocycles. The predicted molar refractivity (Wildman–Crippen MR) is 157 cm³/mol. The lowest BCUT2D eigenvalue weighted by Gasteiger charge is -2.48. The first-order valence-corrected chi connectivity index (χ1v) is 15.2. The second-order valence-electron chi connectivity index (χ2n) is 10.3. The number of aliphatic hydroxyl groups is 1. The second kappa shape index (κ2) is 14.2. The molecular weight excluding hydrogens is 535 g/mol. The number of halogens is 2. The van der Waals surface area contributed by atoms with Crippen LogP contribution in [0.15, 0.2) is 60.7 Å². The third-order valence-electron chi connectivity index (χ3n) is 7.39. The van der Waals surface area contributed by atoms with E-state index in [-0.39, 0.29) is 6.61 Å². The Morgan fingerprint density at radius 2 is 1.77 bits per heavy atom. The molecule has 1 aliphatic rings. The zero-order valence-corrected chi connectivity index (χ0v) is 24.6. The van der Waals surface area contributed by atoms with Gasteiger partial charge in [0.05, 0.1) is 12.7 Å². The number of benzene rings is 2. The Morgan fingerprint density at radius 1 is 1.03 bits per heavy atom. The van der Waals surface area contributed by atoms with Gasteiger partial charge in [-0.3, -0.25) is 0 Å². The van der Waals surface area contributed by atoms with E-state index in [9.17, 15) is 5.11 Å². The molecule has 2 aromatic carbocycles. The lowest BCUT2D eigenvalue weighted by molar-refractivity contribution is -0.338. The van der Waals surface area contributed by atoms with Gasteiger partial charge in [0.15, 0.2) is 12.0 Å². The van der Waals surface area contributed by atoms with E-state index in [4.69, 9.17) is 25.8 Å². The zero-order valence-electron chi connectivity index (χ0n) is 23.1. The molecule has 1 fully saturated rings. The molecule has 39 heavy (non-hydrogen) atoms. The highest BCUT2D eigenvalue weighted by atomic mass is 35.5. The maximum atomic E-state index is 15.7. The van der Waals surface area contributed by atoms with E-state index in [1.54, 1.807) is 30.4 Å². The lowest BCUT2D eigenvalue weighted by Crippen LogP contribution is -2.59. The molecule has 212 valence electrons. The molecule has 1 aliphatic heterocycles. The average molecular weight is 575 g/mol. The molecule has 0 aliphatic carbocycles. The largest absolute Gasteiger partial charge is 0.379 e. The zero-order chi connectivity index (χ0) is 27.8. The van der Waals surface area contributed by atoms with Crippen molar-refractivity contribution in [3.63, 3.8) is 0 Å². The van der Waals surface area contributed by atoms with E-state index >= 15 is 4.39 Å². The number of hydrogen-bond donors (Lipinski definition) is 1. The van der Waals surface area contributed by atoms with Crippen molar-refractivity contribution in [3.8, 4) is 10.4 Å². The Balaban J connectivity index is 1.59. The molecule has 0 spiro atoms. The molecule has 0 bridgehead atoms. The Hall–Kier alpha value is -1.80. The SMILES string of the molecule is CCCCOCC1OC(O)(c2ccc(Cl)c(Cc3ccc(-c4ccccc4)s3)c2)[C@H](C)C(OCCCC)[C@@H]1F. The standard InChI is InChI=1S/C32H40ClFO4S/c1-4-6-17-36-21-28-30(34)31(37-18-7-5-2)22(3)32(35,38-28)25-13-15-27(33)24(19-25)20-26-14-16-29(39-26)23-11-9-8-10-12-23/h8-16,19,22,28,30-31,35H,4-7,17-18,20-21H2,1-3H3/t22-,28?,30-,31?,32?/m1/s1. The van der Waals surface area contributed by atoms with Gasteiger partial charge < -0.3 is 19.3 Å². The van der Waals surface area contributed by atoms with Crippen LogP contribution in [0.2, 0.25) is 5.02 Å². The highest BCUT2D eigenvalue weighted by Gasteiger charge is 2.54. The average Bonchev–Trinajstić information content (AvgIpc) is 3.41. The Bertz CT molecular complexity index is 1170. The molecule has 1 N–H and O–H groups in total. The highest BCUT2D eigenvalue weighted by molar-refractivity contribution is 7.15. The summed E-state index contributed by atoms with van der Waals surface area (Å²) in [7, 11) is 0. The van der Waals surface area contributed by atoms with E-state index in [0.717, 1.165) is 36.1 Å². The Kier molecular flexibility index (Phi) is 11.0. The van der Waals surface area contributed by atoms with Crippen LogP contribution in [0, 0.1) is 5.92 Å². The van der Waals surface area contributed by atoms with Gasteiger partial charge in [-0.05, 0) is 48.2 Å². The van der Waals surface area contributed by atoms with E-state index in [0.29, 0.717) is 30.2 Å². The van der Waals surface area contributed by atoms with Crippen LogP contribution < -0.4 is 0 Å². The van der Waals surface area contributed by atoms with Crippen LogP contribution in [0.25, 0.3) is 10.4 Å². The van der Waals surface area contributed by atoms with Gasteiger partial charge in [-0.15, -0.1) is 11.3 Å². The first-order chi connectivity index (χ1) is 18.9. The smallest absolute Gasteiger partial charge is 0.198 e. The fraction of sp³-hybridized carbons (Fsp3) is 0.500. The molecule has 0 radical (unpaired) electrons. The molecule has 2 heterocycles. The van der Waals surface area contributed by atoms with E-state index in [1.807, 2.05) is 24.3 Å². The molecular formula is C32H40ClFO4S. The minimum Gasteiger partial charge on any atom is -0.379 e. The van der Waals surface area contributed by atoms with Gasteiger partial charge in [0.1, 0.15) is 6.10 Å². The van der Waals surface area contributed by atoms with Gasteiger partial charge >= 0.3 is 0 Å². The van der Waals surface area contributed by atoms with Gasteiger partial charge in [0.25, 0.3) is 0 Å². The van der Waals surface area contributed by atoms with Crippen LogP contribution in [0.3, 0.4) is 0 Å². The summed E-state index contributed by atoms with van der Waals surface area (Å²) in [6.07, 6.45) is 1.07. The van der Waals surface area contributed by atoms with E-state index in [2.05, 4.69) is 38.1 Å². The highest BCUT2D eigenvalue weighted by Crippen LogP contribution is 2.44. The normalized spacial score (nSPS) is 25.2. The summed E-state index contributed by atoms with van der Waals surface area (Å²) in [6, 6.07) is 19.9. The molecule has 4 nitrogen and oxygen atoms in total. The van der Waals surface area contributed by atoms with Gasteiger partial charge in [0, 0.05) is 45.9 Å². The summed E-state index contributed by atoms with van der Waals surface area (Å²) in [5, 5.41) is 12.6. The molecule has 4 rings (SSSR count). The summed E-state index contributed by atoms with van der Waals surface area (Å²) in [4.78, 5) is 2.34. The van der Waals surface area contributed by atoms with Gasteiger partial charge in [-0.25, -0.2) is 4.39 Å². The fourth-order valence-corrected chi connectivity index (χ4v) is 6.19. The molecule has 1 aromatic heterocycles. The maximum Gasteiger partial charge on any atom is 0.198 e. The molecule has 7 heteroatoms. The number of alkyl halides is 1. The topological polar surface area (TPSA) is 47.9 Å². The molecule has 3 aromatic rings. The van der Waals surface area contributed by atoms with Gasteiger partial charge in [0.2, 0.25) is 0 Å². The fourth-order valence-electron chi connectivity index (χ4n) is 4.97. The van der Waals surface area contributed by atoms with Crippen molar-refractivity contribution >= 4 is 22.9 Å². The molecule has 0 saturated carbocycles. The van der Waals surface area contributed by atoms with Crippen molar-refractivity contribution in [2.24, 2.45) is 5.92 Å². The Morgan fingerprint density at radius 3 is 2.51 bits per heavy atom. The number of unbranched alkanes of at least 4 members (excludes halogenated alkanes) is 2. The first kappa shape index (κ1) is 30.2. The lowest BCUT2D eigenvalue weighted by atomic mass is 9.81. The summed E-state index contributed by atoms with van der Waals surface area (Å²) >= 11 is 8.35. The van der Waals surface area contributed by atoms with Crippen molar-refractivity contribution in [1.82, 2.24) is 0 Å².